The molecule has 138 valence electrons. The Labute approximate surface area is 160 Å². The molecule has 0 aliphatic carbocycles. The molecule has 0 radical (unpaired) electrons. The molecular formula is C22H25N5. The van der Waals surface area contributed by atoms with Crippen LogP contribution in [0.2, 0.25) is 0 Å². The van der Waals surface area contributed by atoms with Gasteiger partial charge in [0.25, 0.3) is 0 Å². The summed E-state index contributed by atoms with van der Waals surface area (Å²) in [6.45, 7) is 4.32. The fourth-order valence-electron chi connectivity index (χ4n) is 2.77. The number of para-hydroxylation sites is 1. The van der Waals surface area contributed by atoms with Crippen molar-refractivity contribution in [1.29, 1.82) is 0 Å². The Morgan fingerprint density at radius 2 is 1.78 bits per heavy atom. The van der Waals surface area contributed by atoms with E-state index >= 15 is 0 Å². The number of nitrogens with one attached hydrogen (secondary N) is 1. The lowest BCUT2D eigenvalue weighted by Gasteiger charge is -2.07. The number of aliphatic imine (C=N–C) groups is 1. The summed E-state index contributed by atoms with van der Waals surface area (Å²) in [5, 5.41) is 8.68. The largest absolute Gasteiger partial charge is 0.278 e. The maximum absolute atomic E-state index is 4.71. The number of anilines is 1. The maximum atomic E-state index is 4.71. The molecule has 3 rings (SSSR count). The number of hydrazone groups is 1. The Bertz CT molecular complexity index is 916. The zero-order chi connectivity index (χ0) is 19.1. The van der Waals surface area contributed by atoms with Gasteiger partial charge in [-0.05, 0) is 48.2 Å². The Morgan fingerprint density at radius 3 is 2.37 bits per heavy atom. The molecule has 0 atom stereocenters. The summed E-state index contributed by atoms with van der Waals surface area (Å²) in [6.07, 6.45) is 7.47. The van der Waals surface area contributed by atoms with E-state index in [1.54, 1.807) is 17.1 Å². The van der Waals surface area contributed by atoms with E-state index in [0.717, 1.165) is 35.5 Å². The zero-order valence-corrected chi connectivity index (χ0v) is 16.1. The van der Waals surface area contributed by atoms with Gasteiger partial charge in [0.1, 0.15) is 0 Å². The third-order valence-corrected chi connectivity index (χ3v) is 4.26. The standard InChI is InChI=1S/C22H25N5/c1-4-17-11-18(5-2)13-21(12-17)26-23-15-22(19-14-24-27(3)16-19)25-20-9-7-6-8-10-20/h6-16,26H,4-5H2,1-3H3/b23-15-,25-22+. The van der Waals surface area contributed by atoms with Crippen molar-refractivity contribution in [3.63, 3.8) is 0 Å². The topological polar surface area (TPSA) is 54.6 Å². The minimum absolute atomic E-state index is 0.754. The molecule has 0 aliphatic heterocycles. The van der Waals surface area contributed by atoms with E-state index in [9.17, 15) is 0 Å². The fraction of sp³-hybridized carbons (Fsp3) is 0.227. The second kappa shape index (κ2) is 8.94. The number of nitrogens with zero attached hydrogens (tertiary/aromatic N) is 4. The van der Waals surface area contributed by atoms with E-state index in [-0.39, 0.29) is 0 Å². The summed E-state index contributed by atoms with van der Waals surface area (Å²) in [4.78, 5) is 4.71. The molecule has 0 spiro atoms. The van der Waals surface area contributed by atoms with Crippen LogP contribution >= 0.6 is 0 Å². The molecule has 0 fully saturated rings. The van der Waals surface area contributed by atoms with Crippen LogP contribution in [-0.2, 0) is 19.9 Å². The first kappa shape index (κ1) is 18.6. The van der Waals surface area contributed by atoms with Gasteiger partial charge >= 0.3 is 0 Å². The highest BCUT2D eigenvalue weighted by Gasteiger charge is 2.05. The quantitative estimate of drug-likeness (QED) is 0.488. The van der Waals surface area contributed by atoms with Crippen LogP contribution in [0.3, 0.4) is 0 Å². The minimum Gasteiger partial charge on any atom is -0.278 e. The fourth-order valence-corrected chi connectivity index (χ4v) is 2.77. The summed E-state index contributed by atoms with van der Waals surface area (Å²) < 4.78 is 1.76. The highest BCUT2D eigenvalue weighted by atomic mass is 15.3. The second-order valence-electron chi connectivity index (χ2n) is 6.35. The van der Waals surface area contributed by atoms with Crippen molar-refractivity contribution in [2.45, 2.75) is 26.7 Å². The molecule has 2 aromatic carbocycles. The van der Waals surface area contributed by atoms with Gasteiger partial charge in [-0.2, -0.15) is 10.2 Å². The van der Waals surface area contributed by atoms with E-state index in [4.69, 9.17) is 4.99 Å². The van der Waals surface area contributed by atoms with Crippen LogP contribution in [0, 0.1) is 0 Å². The number of aromatic nitrogens is 2. The molecule has 1 aromatic heterocycles. The number of benzene rings is 2. The van der Waals surface area contributed by atoms with Gasteiger partial charge in [-0.25, -0.2) is 4.99 Å². The SMILES string of the molecule is CCc1cc(CC)cc(N/N=C\C(=N/c2ccccc2)c2cnn(C)c2)c1. The van der Waals surface area contributed by atoms with Crippen molar-refractivity contribution in [1.82, 2.24) is 9.78 Å². The van der Waals surface area contributed by atoms with Crippen molar-refractivity contribution in [3.05, 3.63) is 77.6 Å². The third kappa shape index (κ3) is 5.14. The second-order valence-corrected chi connectivity index (χ2v) is 6.35. The number of hydrogen-bond donors (Lipinski definition) is 1. The van der Waals surface area contributed by atoms with Crippen LogP contribution in [0.15, 0.2) is 71.0 Å². The van der Waals surface area contributed by atoms with Gasteiger partial charge in [0.2, 0.25) is 0 Å². The lowest BCUT2D eigenvalue weighted by atomic mass is 10.1. The molecule has 0 saturated heterocycles. The molecule has 0 amide bonds. The van der Waals surface area contributed by atoms with Crippen molar-refractivity contribution in [2.24, 2.45) is 17.1 Å². The molecule has 0 bridgehead atoms. The van der Waals surface area contributed by atoms with Crippen LogP contribution in [0.5, 0.6) is 0 Å². The molecule has 5 nitrogen and oxygen atoms in total. The summed E-state index contributed by atoms with van der Waals surface area (Å²) in [6, 6.07) is 16.4. The maximum Gasteiger partial charge on any atom is 0.0941 e. The average Bonchev–Trinajstić information content (AvgIpc) is 3.14. The van der Waals surface area contributed by atoms with E-state index in [0.29, 0.717) is 0 Å². The first-order chi connectivity index (χ1) is 13.2. The molecular weight excluding hydrogens is 334 g/mol. The molecule has 1 heterocycles. The minimum atomic E-state index is 0.754. The Kier molecular flexibility index (Phi) is 6.15. The monoisotopic (exact) mass is 359 g/mol. The summed E-state index contributed by atoms with van der Waals surface area (Å²) in [5.74, 6) is 0. The van der Waals surface area contributed by atoms with Gasteiger partial charge < -0.3 is 0 Å². The predicted molar refractivity (Wildman–Crippen MR) is 113 cm³/mol. The van der Waals surface area contributed by atoms with E-state index in [1.807, 2.05) is 43.6 Å². The van der Waals surface area contributed by atoms with Crippen molar-refractivity contribution in [2.75, 3.05) is 5.43 Å². The van der Waals surface area contributed by atoms with E-state index in [2.05, 4.69) is 47.7 Å². The van der Waals surface area contributed by atoms with Crippen LogP contribution in [-0.4, -0.2) is 21.7 Å². The van der Waals surface area contributed by atoms with Gasteiger partial charge in [-0.15, -0.1) is 0 Å². The van der Waals surface area contributed by atoms with Gasteiger partial charge in [-0.3, -0.25) is 10.1 Å². The number of hydrogen-bond acceptors (Lipinski definition) is 4. The zero-order valence-electron chi connectivity index (χ0n) is 16.1. The molecule has 27 heavy (non-hydrogen) atoms. The van der Waals surface area contributed by atoms with Crippen LogP contribution < -0.4 is 5.43 Å². The first-order valence-corrected chi connectivity index (χ1v) is 9.22. The van der Waals surface area contributed by atoms with Crippen molar-refractivity contribution in [3.8, 4) is 0 Å². The average molecular weight is 359 g/mol. The van der Waals surface area contributed by atoms with Gasteiger partial charge in [-0.1, -0.05) is 38.1 Å². The number of rotatable bonds is 7. The predicted octanol–water partition coefficient (Wildman–Crippen LogP) is 4.76. The molecule has 3 aromatic rings. The smallest absolute Gasteiger partial charge is 0.0941 e. The highest BCUT2D eigenvalue weighted by molar-refractivity contribution is 6.38. The lowest BCUT2D eigenvalue weighted by molar-refractivity contribution is 0.767. The molecule has 5 heteroatoms. The Morgan fingerprint density at radius 1 is 1.07 bits per heavy atom. The third-order valence-electron chi connectivity index (χ3n) is 4.26. The van der Waals surface area contributed by atoms with Crippen molar-refractivity contribution >= 4 is 23.3 Å². The summed E-state index contributed by atoms with van der Waals surface area (Å²) in [7, 11) is 1.89. The molecule has 0 aliphatic rings. The number of aryl methyl sites for hydroxylation is 3. The highest BCUT2D eigenvalue weighted by Crippen LogP contribution is 2.17. The van der Waals surface area contributed by atoms with Gasteiger partial charge in [0, 0.05) is 18.8 Å². The van der Waals surface area contributed by atoms with Gasteiger partial charge in [0.15, 0.2) is 0 Å². The van der Waals surface area contributed by atoms with E-state index in [1.165, 1.54) is 11.1 Å². The normalized spacial score (nSPS) is 11.9. The Balaban J connectivity index is 1.85. The van der Waals surface area contributed by atoms with Gasteiger partial charge in [0.05, 0.1) is 29.5 Å². The van der Waals surface area contributed by atoms with Crippen molar-refractivity contribution < 1.29 is 0 Å². The lowest BCUT2D eigenvalue weighted by Crippen LogP contribution is -2.04. The summed E-state index contributed by atoms with van der Waals surface area (Å²) >= 11 is 0. The molecule has 0 saturated carbocycles. The van der Waals surface area contributed by atoms with Crippen LogP contribution in [0.1, 0.15) is 30.5 Å². The first-order valence-electron chi connectivity index (χ1n) is 9.22. The van der Waals surface area contributed by atoms with Crippen LogP contribution in [0.25, 0.3) is 0 Å². The van der Waals surface area contributed by atoms with E-state index < -0.39 is 0 Å². The summed E-state index contributed by atoms with van der Waals surface area (Å²) in [5.41, 5.74) is 9.30. The van der Waals surface area contributed by atoms with Crippen LogP contribution in [0.4, 0.5) is 11.4 Å². The molecule has 1 N–H and O–H groups in total. The molecule has 0 unspecified atom stereocenters. The Hall–Kier alpha value is -3.21.